The largest absolute Gasteiger partial charge is 0.546 e. The molecule has 0 aliphatic carbocycles. The molecule has 0 radical (unpaired) electrons. The van der Waals surface area contributed by atoms with Crippen LogP contribution in [0.1, 0.15) is 19.4 Å². The molecule has 2 atom stereocenters. The van der Waals surface area contributed by atoms with E-state index in [9.17, 15) is 24.6 Å². The van der Waals surface area contributed by atoms with Crippen LogP contribution in [0.15, 0.2) is 30.3 Å². The first kappa shape index (κ1) is 21.1. The van der Waals surface area contributed by atoms with Gasteiger partial charge in [-0.05, 0) is 37.6 Å². The summed E-state index contributed by atoms with van der Waals surface area (Å²) in [6.07, 6.45) is -0.176. The van der Waals surface area contributed by atoms with E-state index in [2.05, 4.69) is 4.74 Å². The van der Waals surface area contributed by atoms with Crippen molar-refractivity contribution in [1.82, 2.24) is 0 Å². The van der Waals surface area contributed by atoms with E-state index in [0.29, 0.717) is 0 Å². The third kappa shape index (κ3) is 9.21. The van der Waals surface area contributed by atoms with E-state index in [0.717, 1.165) is 24.3 Å². The van der Waals surface area contributed by atoms with Gasteiger partial charge in [-0.3, -0.25) is 0 Å². The predicted molar refractivity (Wildman–Crippen MR) is 79.3 cm³/mol. The maximum Gasteiger partial charge on any atom is 0.335 e. The SMILES string of the molecule is CC(O)C(=O)OC(C)C(=O)[O-].COc1ccc(/C=C/C(=O)[O-])cc1. The van der Waals surface area contributed by atoms with Gasteiger partial charge in [-0.15, -0.1) is 0 Å². The van der Waals surface area contributed by atoms with E-state index in [1.165, 1.54) is 13.0 Å². The number of aliphatic carboxylic acids is 2. The Morgan fingerprint density at radius 1 is 1.12 bits per heavy atom. The van der Waals surface area contributed by atoms with Gasteiger partial charge in [0.15, 0.2) is 0 Å². The molecule has 0 saturated carbocycles. The first-order valence-corrected chi connectivity index (χ1v) is 6.80. The number of carboxylic acids is 2. The molecule has 0 aromatic heterocycles. The number of carbonyl (C=O) groups is 3. The summed E-state index contributed by atoms with van der Waals surface area (Å²) in [7, 11) is 1.58. The Kier molecular flexibility index (Phi) is 9.50. The minimum absolute atomic E-state index is 0.741. The number of ether oxygens (including phenoxy) is 2. The van der Waals surface area contributed by atoms with Crippen LogP contribution in [0.3, 0.4) is 0 Å². The summed E-state index contributed by atoms with van der Waals surface area (Å²) < 4.78 is 9.16. The molecule has 0 aliphatic rings. The number of carbonyl (C=O) groups excluding carboxylic acids is 3. The van der Waals surface area contributed by atoms with Crippen LogP contribution in [-0.4, -0.2) is 42.3 Å². The highest BCUT2D eigenvalue weighted by Crippen LogP contribution is 2.11. The van der Waals surface area contributed by atoms with Crippen molar-refractivity contribution < 1.29 is 39.2 Å². The highest BCUT2D eigenvalue weighted by molar-refractivity contribution is 5.83. The van der Waals surface area contributed by atoms with Gasteiger partial charge in [0.1, 0.15) is 18.0 Å². The predicted octanol–water partition coefficient (Wildman–Crippen LogP) is -1.49. The smallest absolute Gasteiger partial charge is 0.335 e. The summed E-state index contributed by atoms with van der Waals surface area (Å²) in [5.74, 6) is -2.91. The van der Waals surface area contributed by atoms with Gasteiger partial charge < -0.3 is 34.4 Å². The molecule has 1 rings (SSSR count). The molecule has 0 fully saturated rings. The van der Waals surface area contributed by atoms with Crippen molar-refractivity contribution in [1.29, 1.82) is 0 Å². The number of aliphatic hydroxyl groups is 1. The van der Waals surface area contributed by atoms with Gasteiger partial charge >= 0.3 is 5.97 Å². The molecule has 24 heavy (non-hydrogen) atoms. The average molecular weight is 338 g/mol. The Balaban J connectivity index is 0.000000449. The number of rotatable bonds is 6. The Morgan fingerprint density at radius 2 is 1.67 bits per heavy atom. The Hall–Kier alpha value is -2.87. The summed E-state index contributed by atoms with van der Waals surface area (Å²) in [5, 5.41) is 28.6. The molecule has 0 spiro atoms. The number of carboxylic acid groups (broad SMARTS) is 2. The molecule has 2 unspecified atom stereocenters. The fourth-order valence-corrected chi connectivity index (χ4v) is 1.20. The van der Waals surface area contributed by atoms with Gasteiger partial charge in [0.25, 0.3) is 0 Å². The monoisotopic (exact) mass is 338 g/mol. The zero-order valence-corrected chi connectivity index (χ0v) is 13.4. The maximum atomic E-state index is 10.5. The molecule has 0 saturated heterocycles. The van der Waals surface area contributed by atoms with E-state index in [1.807, 2.05) is 0 Å². The Morgan fingerprint density at radius 3 is 2.04 bits per heavy atom. The molecular formula is C16H18O8-2. The maximum absolute atomic E-state index is 10.5. The topological polar surface area (TPSA) is 136 Å². The van der Waals surface area contributed by atoms with Crippen LogP contribution in [0.25, 0.3) is 6.08 Å². The summed E-state index contributed by atoms with van der Waals surface area (Å²) in [4.78, 5) is 30.6. The van der Waals surface area contributed by atoms with Crippen LogP contribution in [0.2, 0.25) is 0 Å². The van der Waals surface area contributed by atoms with Gasteiger partial charge in [-0.25, -0.2) is 4.79 Å². The lowest BCUT2D eigenvalue weighted by molar-refractivity contribution is -0.315. The van der Waals surface area contributed by atoms with Gasteiger partial charge in [-0.2, -0.15) is 0 Å². The standard InChI is InChI=1S/C10H10O3.C6H10O5/c1-13-9-5-2-8(3-6-9)4-7-10(11)12;1-3(7)6(10)11-4(2)5(8)9/h2-7H,1H3,(H,11,12);3-4,7H,1-2H3,(H,8,9)/p-2/b7-4+;. The van der Waals surface area contributed by atoms with Gasteiger partial charge in [0.2, 0.25) is 0 Å². The summed E-state index contributed by atoms with van der Waals surface area (Å²) in [6.45, 7) is 2.33. The van der Waals surface area contributed by atoms with Crippen molar-refractivity contribution in [3.05, 3.63) is 35.9 Å². The van der Waals surface area contributed by atoms with Gasteiger partial charge in [0.05, 0.1) is 19.0 Å². The summed E-state index contributed by atoms with van der Waals surface area (Å²) in [5.41, 5.74) is 0.796. The van der Waals surface area contributed by atoms with E-state index >= 15 is 0 Å². The van der Waals surface area contributed by atoms with Crippen molar-refractivity contribution in [2.45, 2.75) is 26.1 Å². The molecule has 8 heteroatoms. The number of aliphatic hydroxyl groups excluding tert-OH is 1. The van der Waals surface area contributed by atoms with Gasteiger partial charge in [-0.1, -0.05) is 18.2 Å². The average Bonchev–Trinajstić information content (AvgIpc) is 2.53. The third-order valence-electron chi connectivity index (χ3n) is 2.49. The first-order valence-electron chi connectivity index (χ1n) is 6.80. The van der Waals surface area contributed by atoms with Crippen LogP contribution < -0.4 is 14.9 Å². The molecular weight excluding hydrogens is 320 g/mol. The van der Waals surface area contributed by atoms with Crippen LogP contribution in [0.4, 0.5) is 0 Å². The lowest BCUT2D eigenvalue weighted by Gasteiger charge is -2.14. The molecule has 0 aliphatic heterocycles. The molecule has 0 amide bonds. The molecule has 1 aromatic carbocycles. The molecule has 0 bridgehead atoms. The first-order chi connectivity index (χ1) is 11.2. The van der Waals surface area contributed by atoms with Crippen molar-refractivity contribution in [2.75, 3.05) is 7.11 Å². The van der Waals surface area contributed by atoms with Crippen molar-refractivity contribution in [2.24, 2.45) is 0 Å². The van der Waals surface area contributed by atoms with Crippen molar-refractivity contribution >= 4 is 24.0 Å². The quantitative estimate of drug-likeness (QED) is 0.489. The fourth-order valence-electron chi connectivity index (χ4n) is 1.20. The fraction of sp³-hybridized carbons (Fsp3) is 0.312. The van der Waals surface area contributed by atoms with E-state index in [4.69, 9.17) is 9.84 Å². The highest BCUT2D eigenvalue weighted by Gasteiger charge is 2.14. The minimum atomic E-state index is -1.49. The lowest BCUT2D eigenvalue weighted by atomic mass is 10.2. The summed E-state index contributed by atoms with van der Waals surface area (Å²) in [6, 6.07) is 7.04. The summed E-state index contributed by atoms with van der Waals surface area (Å²) >= 11 is 0. The molecule has 0 heterocycles. The number of esters is 1. The van der Waals surface area contributed by atoms with E-state index in [-0.39, 0.29) is 0 Å². The van der Waals surface area contributed by atoms with E-state index < -0.39 is 30.1 Å². The second kappa shape index (κ2) is 10.8. The third-order valence-corrected chi connectivity index (χ3v) is 2.49. The highest BCUT2D eigenvalue weighted by atomic mass is 16.6. The Labute approximate surface area is 138 Å². The zero-order chi connectivity index (χ0) is 18.7. The second-order valence-electron chi connectivity index (χ2n) is 4.50. The van der Waals surface area contributed by atoms with Crippen LogP contribution >= 0.6 is 0 Å². The van der Waals surface area contributed by atoms with Crippen LogP contribution in [0, 0.1) is 0 Å². The van der Waals surface area contributed by atoms with Crippen molar-refractivity contribution in [3.63, 3.8) is 0 Å². The Bertz CT molecular complexity index is 574. The number of benzene rings is 1. The number of methoxy groups -OCH3 is 1. The lowest BCUT2D eigenvalue weighted by Crippen LogP contribution is -2.38. The normalized spacial score (nSPS) is 12.5. The van der Waals surface area contributed by atoms with Crippen LogP contribution in [0.5, 0.6) is 5.75 Å². The second-order valence-corrected chi connectivity index (χ2v) is 4.50. The van der Waals surface area contributed by atoms with Crippen molar-refractivity contribution in [3.8, 4) is 5.75 Å². The van der Waals surface area contributed by atoms with Gasteiger partial charge in [0, 0.05) is 0 Å². The number of hydrogen-bond donors (Lipinski definition) is 1. The minimum Gasteiger partial charge on any atom is -0.546 e. The van der Waals surface area contributed by atoms with E-state index in [1.54, 1.807) is 31.4 Å². The number of hydrogen-bond acceptors (Lipinski definition) is 8. The van der Waals surface area contributed by atoms with Crippen LogP contribution in [-0.2, 0) is 19.1 Å². The molecule has 132 valence electrons. The molecule has 1 N–H and O–H groups in total. The molecule has 8 nitrogen and oxygen atoms in total. The molecule has 1 aromatic rings. The zero-order valence-electron chi connectivity index (χ0n) is 13.4.